The first-order valence-electron chi connectivity index (χ1n) is 20.4. The van der Waals surface area contributed by atoms with Crippen molar-refractivity contribution < 1.29 is 13.9 Å². The molecule has 0 saturated carbocycles. The van der Waals surface area contributed by atoms with E-state index in [-0.39, 0.29) is 0 Å². The maximum Gasteiger partial charge on any atom is 0.323 e. The molecule has 58 heavy (non-hydrogen) atoms. The molecule has 10 aromatic rings. The highest BCUT2D eigenvalue weighted by Crippen LogP contribution is 2.59. The maximum atomic E-state index is 7.17. The van der Waals surface area contributed by atoms with Gasteiger partial charge in [0.2, 0.25) is 0 Å². The zero-order valence-corrected chi connectivity index (χ0v) is 33.2. The molecule has 0 unspecified atom stereocenters. The molecule has 0 bridgehead atoms. The third-order valence-electron chi connectivity index (χ3n) is 13.9. The van der Waals surface area contributed by atoms with Crippen LogP contribution in [-0.2, 0) is 5.66 Å². The van der Waals surface area contributed by atoms with Gasteiger partial charge in [-0.3, -0.25) is 0 Å². The lowest BCUT2D eigenvalue weighted by atomic mass is 9.82. The molecule has 0 radical (unpaired) electrons. The standard InChI is InChI=1S/C53H38N4O/c1-27-19-29(3)47(30(4)20-27)33-23-41-42-24-34(48-31(5)21-28(2)22-32(48)6)26-46-55-40-14-10-8-12-36(40)38-16-18-44-50(52(38)55)53(57(42)46)49-43(58-44)17-15-37-35-11-7-9-13-39(35)54(51(37)49)45(25-33)56(41)53/h7-26H,1-6H3/q+2. The maximum absolute atomic E-state index is 7.17. The van der Waals surface area contributed by atoms with E-state index in [0.29, 0.717) is 0 Å². The third-order valence-corrected chi connectivity index (χ3v) is 13.9. The molecule has 14 rings (SSSR count). The quantitative estimate of drug-likeness (QED) is 0.162. The lowest BCUT2D eigenvalue weighted by Gasteiger charge is -2.38. The van der Waals surface area contributed by atoms with Crippen LogP contribution in [0.3, 0.4) is 0 Å². The average Bonchev–Trinajstić information content (AvgIpc) is 3.82. The summed E-state index contributed by atoms with van der Waals surface area (Å²) in [6, 6.07) is 46.1. The van der Waals surface area contributed by atoms with Gasteiger partial charge in [-0.1, -0.05) is 59.7 Å². The number of benzene rings is 6. The number of aromatic nitrogens is 4. The molecule has 0 atom stereocenters. The molecular weight excluding hydrogens is 709 g/mol. The number of ether oxygens (including phenoxy) is 1. The summed E-state index contributed by atoms with van der Waals surface area (Å²) in [5.41, 5.74) is 21.7. The molecule has 8 heterocycles. The van der Waals surface area contributed by atoms with Crippen molar-refractivity contribution in [2.24, 2.45) is 0 Å². The molecule has 0 aliphatic carbocycles. The fraction of sp³-hybridized carbons (Fsp3) is 0.132. The van der Waals surface area contributed by atoms with Crippen LogP contribution in [0.15, 0.2) is 121 Å². The van der Waals surface area contributed by atoms with Gasteiger partial charge in [-0.05, 0) is 147 Å². The van der Waals surface area contributed by atoms with Crippen LogP contribution < -0.4 is 13.9 Å². The summed E-state index contributed by atoms with van der Waals surface area (Å²) in [4.78, 5) is 0. The van der Waals surface area contributed by atoms with Crippen molar-refractivity contribution in [3.63, 3.8) is 0 Å². The van der Waals surface area contributed by atoms with Crippen LogP contribution in [0.25, 0.3) is 88.9 Å². The molecule has 0 fully saturated rings. The summed E-state index contributed by atoms with van der Waals surface area (Å²) < 4.78 is 17.6. The van der Waals surface area contributed by atoms with Crippen LogP contribution in [0.4, 0.5) is 0 Å². The second kappa shape index (κ2) is 9.93. The predicted octanol–water partition coefficient (Wildman–Crippen LogP) is 11.7. The van der Waals surface area contributed by atoms with Gasteiger partial charge in [-0.25, -0.2) is 0 Å². The van der Waals surface area contributed by atoms with Gasteiger partial charge >= 0.3 is 5.66 Å². The van der Waals surface area contributed by atoms with Crippen molar-refractivity contribution in [1.82, 2.24) is 9.13 Å². The minimum atomic E-state index is -0.752. The number of aryl methyl sites for hydroxylation is 6. The smallest absolute Gasteiger partial charge is 0.323 e. The Morgan fingerprint density at radius 2 is 0.862 bits per heavy atom. The number of pyridine rings is 2. The van der Waals surface area contributed by atoms with Gasteiger partial charge < -0.3 is 4.74 Å². The largest absolute Gasteiger partial charge is 0.456 e. The van der Waals surface area contributed by atoms with Gasteiger partial charge in [-0.15, -0.1) is 0 Å². The van der Waals surface area contributed by atoms with Crippen LogP contribution in [0, 0.1) is 41.5 Å². The Labute approximate surface area is 335 Å². The van der Waals surface area contributed by atoms with Crippen LogP contribution in [0.5, 0.6) is 11.5 Å². The topological polar surface area (TPSA) is 26.8 Å². The molecule has 0 N–H and O–H groups in total. The van der Waals surface area contributed by atoms with Crippen molar-refractivity contribution >= 4 is 43.6 Å². The molecule has 5 heteroatoms. The van der Waals surface area contributed by atoms with Crippen molar-refractivity contribution in [3.05, 3.63) is 166 Å². The van der Waals surface area contributed by atoms with Gasteiger partial charge in [0.1, 0.15) is 33.7 Å². The van der Waals surface area contributed by atoms with Crippen LogP contribution >= 0.6 is 0 Å². The van der Waals surface area contributed by atoms with E-state index < -0.39 is 5.66 Å². The summed E-state index contributed by atoms with van der Waals surface area (Å²) in [5.74, 6) is 4.14. The van der Waals surface area contributed by atoms with Crippen molar-refractivity contribution in [3.8, 4) is 56.8 Å². The second-order valence-corrected chi connectivity index (χ2v) is 17.3. The van der Waals surface area contributed by atoms with Crippen LogP contribution in [0.2, 0.25) is 0 Å². The van der Waals surface area contributed by atoms with E-state index >= 15 is 0 Å². The molecule has 5 nitrogen and oxygen atoms in total. The minimum Gasteiger partial charge on any atom is -0.456 e. The number of para-hydroxylation sites is 2. The van der Waals surface area contributed by atoms with Crippen molar-refractivity contribution in [2.45, 2.75) is 47.2 Å². The molecular formula is C53H38N4O+2. The Hall–Kier alpha value is -6.98. The fourth-order valence-corrected chi connectivity index (χ4v) is 12.3. The average molecular weight is 747 g/mol. The molecule has 0 saturated heterocycles. The van der Waals surface area contributed by atoms with E-state index in [1.165, 1.54) is 122 Å². The van der Waals surface area contributed by atoms with E-state index in [1.807, 2.05) is 0 Å². The highest BCUT2D eigenvalue weighted by molar-refractivity contribution is 6.14. The highest BCUT2D eigenvalue weighted by Gasteiger charge is 2.69. The minimum absolute atomic E-state index is 0.752. The number of nitrogens with zero attached hydrogens (tertiary/aromatic N) is 4. The van der Waals surface area contributed by atoms with Gasteiger partial charge in [0.15, 0.2) is 22.4 Å². The first kappa shape index (κ1) is 31.1. The summed E-state index contributed by atoms with van der Waals surface area (Å²) in [7, 11) is 0. The summed E-state index contributed by atoms with van der Waals surface area (Å²) in [6.45, 7) is 13.5. The molecule has 6 aromatic carbocycles. The normalized spacial score (nSPS) is 14.3. The number of hydrogen-bond acceptors (Lipinski definition) is 1. The molecule has 4 aliphatic heterocycles. The van der Waals surface area contributed by atoms with Gasteiger partial charge in [0.25, 0.3) is 11.6 Å². The predicted molar refractivity (Wildman–Crippen MR) is 232 cm³/mol. The third kappa shape index (κ3) is 3.30. The summed E-state index contributed by atoms with van der Waals surface area (Å²) in [6.07, 6.45) is 0. The van der Waals surface area contributed by atoms with Crippen LogP contribution in [-0.4, -0.2) is 9.13 Å². The van der Waals surface area contributed by atoms with Crippen molar-refractivity contribution in [2.75, 3.05) is 0 Å². The summed E-state index contributed by atoms with van der Waals surface area (Å²) >= 11 is 0. The Kier molecular flexibility index (Phi) is 5.33. The first-order chi connectivity index (χ1) is 28.2. The van der Waals surface area contributed by atoms with E-state index in [1.54, 1.807) is 0 Å². The monoisotopic (exact) mass is 746 g/mol. The van der Waals surface area contributed by atoms with E-state index in [9.17, 15) is 0 Å². The molecule has 4 aromatic heterocycles. The lowest BCUT2D eigenvalue weighted by molar-refractivity contribution is -0.934. The van der Waals surface area contributed by atoms with Crippen molar-refractivity contribution in [1.29, 1.82) is 0 Å². The Bertz CT molecular complexity index is 3380. The van der Waals surface area contributed by atoms with E-state index in [0.717, 1.165) is 23.1 Å². The molecule has 274 valence electrons. The Morgan fingerprint density at radius 3 is 1.29 bits per heavy atom. The zero-order valence-electron chi connectivity index (χ0n) is 33.2. The van der Waals surface area contributed by atoms with Crippen LogP contribution in [0.1, 0.15) is 44.5 Å². The van der Waals surface area contributed by atoms with Gasteiger partial charge in [-0.2, -0.15) is 18.3 Å². The SMILES string of the molecule is Cc1cc(C)c(-c2cc3[n+]4c(c2)-n2c5ccccc5c5ccc6c(c52)C42c4c(ccc5c7ccccc7n(c45)-c4cc(-c5c(C)cc(C)cc5C)cc-3[n+]42)O6)c(C)c1. The highest BCUT2D eigenvalue weighted by atomic mass is 16.5. The van der Waals surface area contributed by atoms with E-state index in [2.05, 4.69) is 181 Å². The lowest BCUT2D eigenvalue weighted by Crippen LogP contribution is -2.75. The zero-order chi connectivity index (χ0) is 38.7. The second-order valence-electron chi connectivity index (χ2n) is 17.3. The Balaban J connectivity index is 1.28. The van der Waals surface area contributed by atoms with Gasteiger partial charge in [0, 0.05) is 33.7 Å². The Morgan fingerprint density at radius 1 is 0.448 bits per heavy atom. The number of hydrogen-bond donors (Lipinski definition) is 0. The first-order valence-corrected chi connectivity index (χ1v) is 20.4. The molecule has 1 spiro atoms. The van der Waals surface area contributed by atoms with E-state index in [4.69, 9.17) is 4.74 Å². The number of fused-ring (bicyclic) bond motifs is 9. The number of rotatable bonds is 2. The molecule has 4 aliphatic rings. The fourth-order valence-electron chi connectivity index (χ4n) is 12.3. The summed E-state index contributed by atoms with van der Waals surface area (Å²) in [5, 5.41) is 4.99. The molecule has 0 amide bonds. The van der Waals surface area contributed by atoms with Gasteiger partial charge in [0.05, 0.1) is 0 Å².